The van der Waals surface area contributed by atoms with Crippen molar-refractivity contribution in [2.45, 2.75) is 58.5 Å². The van der Waals surface area contributed by atoms with Gasteiger partial charge in [0, 0.05) is 37.1 Å². The summed E-state index contributed by atoms with van der Waals surface area (Å²) in [5, 5.41) is 0. The Hall–Kier alpha value is -2.99. The maximum atomic E-state index is 5.82. The fourth-order valence-corrected chi connectivity index (χ4v) is 4.60. The Morgan fingerprint density at radius 3 is 2.67 bits per heavy atom. The molecule has 4 rings (SSSR count). The number of aromatic nitrogens is 3. The third-order valence-electron chi connectivity index (χ3n) is 6.18. The van der Waals surface area contributed by atoms with Crippen molar-refractivity contribution in [3.63, 3.8) is 0 Å². The minimum atomic E-state index is 0.248. The van der Waals surface area contributed by atoms with Crippen molar-refractivity contribution >= 4 is 0 Å². The molecule has 1 unspecified atom stereocenters. The number of piperidine rings is 1. The Bertz CT molecular complexity index is 1040. The van der Waals surface area contributed by atoms with E-state index in [9.17, 15) is 0 Å². The molecular formula is C27H34N4O2. The molecule has 3 aromatic rings. The molecule has 0 spiro atoms. The molecule has 0 N–H and O–H groups in total. The van der Waals surface area contributed by atoms with Gasteiger partial charge in [-0.25, -0.2) is 9.97 Å². The first-order valence-corrected chi connectivity index (χ1v) is 12.0. The number of ether oxygens (including phenoxy) is 2. The predicted octanol–water partition coefficient (Wildman–Crippen LogP) is 5.63. The Balaban J connectivity index is 1.68. The van der Waals surface area contributed by atoms with Gasteiger partial charge >= 0.3 is 0 Å². The fraction of sp³-hybridized carbons (Fsp3) is 0.444. The first-order chi connectivity index (χ1) is 16.2. The first kappa shape index (κ1) is 23.2. The van der Waals surface area contributed by atoms with Crippen LogP contribution in [0.3, 0.4) is 0 Å². The van der Waals surface area contributed by atoms with E-state index in [1.54, 1.807) is 7.11 Å². The van der Waals surface area contributed by atoms with Gasteiger partial charge < -0.3 is 9.47 Å². The van der Waals surface area contributed by atoms with Crippen molar-refractivity contribution in [1.82, 2.24) is 19.9 Å². The van der Waals surface area contributed by atoms with Crippen LogP contribution in [0.1, 0.15) is 62.7 Å². The zero-order valence-electron chi connectivity index (χ0n) is 20.0. The van der Waals surface area contributed by atoms with E-state index in [1.165, 1.54) is 18.4 Å². The molecule has 174 valence electrons. The number of nitrogens with zero attached hydrogens (tertiary/aromatic N) is 4. The summed E-state index contributed by atoms with van der Waals surface area (Å²) < 4.78 is 11.3. The van der Waals surface area contributed by atoms with Gasteiger partial charge in [0.1, 0.15) is 5.82 Å². The van der Waals surface area contributed by atoms with Crippen LogP contribution in [0.25, 0.3) is 11.1 Å². The Morgan fingerprint density at radius 2 is 1.91 bits per heavy atom. The maximum Gasteiger partial charge on any atom is 0.161 e. The number of hydrogen-bond donors (Lipinski definition) is 0. The van der Waals surface area contributed by atoms with E-state index >= 15 is 0 Å². The van der Waals surface area contributed by atoms with Gasteiger partial charge in [0.15, 0.2) is 11.5 Å². The van der Waals surface area contributed by atoms with Gasteiger partial charge in [-0.3, -0.25) is 9.88 Å². The molecule has 6 heteroatoms. The SMILES string of the molecule is CCCc1ncc(-c2ccncc2)c(C2CCCCN2Cc2ccc(OC)c(OCC)c2)n1. The van der Waals surface area contributed by atoms with Crippen LogP contribution in [0.2, 0.25) is 0 Å². The van der Waals surface area contributed by atoms with E-state index in [0.717, 1.165) is 66.5 Å². The van der Waals surface area contributed by atoms with Crippen molar-refractivity contribution in [2.24, 2.45) is 0 Å². The van der Waals surface area contributed by atoms with Crippen molar-refractivity contribution < 1.29 is 9.47 Å². The fourth-order valence-electron chi connectivity index (χ4n) is 4.60. The summed E-state index contributed by atoms with van der Waals surface area (Å²) in [6, 6.07) is 10.6. The van der Waals surface area contributed by atoms with Crippen LogP contribution in [-0.2, 0) is 13.0 Å². The molecule has 0 aliphatic carbocycles. The van der Waals surface area contributed by atoms with Gasteiger partial charge in [0.25, 0.3) is 0 Å². The highest BCUT2D eigenvalue weighted by atomic mass is 16.5. The van der Waals surface area contributed by atoms with Crippen LogP contribution < -0.4 is 9.47 Å². The molecule has 1 atom stereocenters. The monoisotopic (exact) mass is 446 g/mol. The molecule has 0 bridgehead atoms. The van der Waals surface area contributed by atoms with Crippen LogP contribution in [0.15, 0.2) is 48.9 Å². The molecule has 33 heavy (non-hydrogen) atoms. The summed E-state index contributed by atoms with van der Waals surface area (Å²) in [4.78, 5) is 16.5. The number of methoxy groups -OCH3 is 1. The number of rotatable bonds is 9. The molecule has 0 radical (unpaired) electrons. The van der Waals surface area contributed by atoms with Gasteiger partial charge in [-0.05, 0) is 68.1 Å². The molecule has 1 aliphatic heterocycles. The van der Waals surface area contributed by atoms with Crippen LogP contribution in [0.5, 0.6) is 11.5 Å². The topological polar surface area (TPSA) is 60.4 Å². The van der Waals surface area contributed by atoms with Crippen LogP contribution in [0, 0.1) is 0 Å². The number of pyridine rings is 1. The van der Waals surface area contributed by atoms with Crippen LogP contribution in [0.4, 0.5) is 0 Å². The highest BCUT2D eigenvalue weighted by Crippen LogP contribution is 2.37. The second-order valence-electron chi connectivity index (χ2n) is 8.47. The number of likely N-dealkylation sites (tertiary alicyclic amines) is 1. The number of hydrogen-bond acceptors (Lipinski definition) is 6. The van der Waals surface area contributed by atoms with Gasteiger partial charge in [-0.2, -0.15) is 0 Å². The van der Waals surface area contributed by atoms with Crippen molar-refractivity contribution in [1.29, 1.82) is 0 Å². The lowest BCUT2D eigenvalue weighted by Gasteiger charge is -2.36. The summed E-state index contributed by atoms with van der Waals surface area (Å²) in [5.41, 5.74) is 4.59. The molecule has 1 aliphatic rings. The third kappa shape index (κ3) is 5.50. The highest BCUT2D eigenvalue weighted by Gasteiger charge is 2.28. The van der Waals surface area contributed by atoms with Crippen molar-refractivity contribution in [3.8, 4) is 22.6 Å². The first-order valence-electron chi connectivity index (χ1n) is 12.0. The van der Waals surface area contributed by atoms with E-state index in [2.05, 4.69) is 33.9 Å². The lowest BCUT2D eigenvalue weighted by atomic mass is 9.93. The van der Waals surface area contributed by atoms with E-state index < -0.39 is 0 Å². The van der Waals surface area contributed by atoms with Crippen LogP contribution >= 0.6 is 0 Å². The lowest BCUT2D eigenvalue weighted by molar-refractivity contribution is 0.137. The molecule has 0 amide bonds. The smallest absolute Gasteiger partial charge is 0.161 e. The molecule has 0 saturated carbocycles. The van der Waals surface area contributed by atoms with Gasteiger partial charge in [0.05, 0.1) is 25.5 Å². The third-order valence-corrected chi connectivity index (χ3v) is 6.18. The molecule has 1 aromatic carbocycles. The van der Waals surface area contributed by atoms with Crippen LogP contribution in [-0.4, -0.2) is 40.1 Å². The molecular weight excluding hydrogens is 412 g/mol. The molecule has 1 fully saturated rings. The summed E-state index contributed by atoms with van der Waals surface area (Å²) in [7, 11) is 1.68. The average molecular weight is 447 g/mol. The van der Waals surface area contributed by atoms with E-state index in [-0.39, 0.29) is 6.04 Å². The predicted molar refractivity (Wildman–Crippen MR) is 130 cm³/mol. The second kappa shape index (κ2) is 11.2. The van der Waals surface area contributed by atoms with Gasteiger partial charge in [0.2, 0.25) is 0 Å². The van der Waals surface area contributed by atoms with E-state index in [1.807, 2.05) is 43.7 Å². The average Bonchev–Trinajstić information content (AvgIpc) is 2.86. The van der Waals surface area contributed by atoms with Gasteiger partial charge in [-0.15, -0.1) is 0 Å². The van der Waals surface area contributed by atoms with Crippen molar-refractivity contribution in [3.05, 3.63) is 66.0 Å². The number of aryl methyl sites for hydroxylation is 1. The Morgan fingerprint density at radius 1 is 1.06 bits per heavy atom. The number of benzene rings is 1. The minimum absolute atomic E-state index is 0.248. The molecule has 3 heterocycles. The normalized spacial score (nSPS) is 16.5. The standard InChI is InChI=1S/C27H34N4O2/c1-4-8-26-29-18-22(21-12-14-28-15-13-21)27(30-26)23-9-6-7-16-31(23)19-20-10-11-24(32-3)25(17-20)33-5-2/h10-15,17-18,23H,4-9,16,19H2,1-3H3. The van der Waals surface area contributed by atoms with E-state index in [4.69, 9.17) is 14.5 Å². The Labute approximate surface area is 197 Å². The Kier molecular flexibility index (Phi) is 7.89. The zero-order chi connectivity index (χ0) is 23.0. The zero-order valence-corrected chi connectivity index (χ0v) is 20.0. The minimum Gasteiger partial charge on any atom is -0.493 e. The lowest BCUT2D eigenvalue weighted by Crippen LogP contribution is -2.34. The highest BCUT2D eigenvalue weighted by molar-refractivity contribution is 5.65. The molecule has 1 saturated heterocycles. The van der Waals surface area contributed by atoms with Gasteiger partial charge in [-0.1, -0.05) is 19.4 Å². The second-order valence-corrected chi connectivity index (χ2v) is 8.47. The quantitative estimate of drug-likeness (QED) is 0.425. The molecule has 6 nitrogen and oxygen atoms in total. The largest absolute Gasteiger partial charge is 0.493 e. The summed E-state index contributed by atoms with van der Waals surface area (Å²) in [5.74, 6) is 2.51. The summed E-state index contributed by atoms with van der Waals surface area (Å²) in [6.07, 6.45) is 11.1. The summed E-state index contributed by atoms with van der Waals surface area (Å²) in [6.45, 7) is 6.67. The summed E-state index contributed by atoms with van der Waals surface area (Å²) >= 11 is 0. The van der Waals surface area contributed by atoms with E-state index in [0.29, 0.717) is 6.61 Å². The molecule has 2 aromatic heterocycles. The maximum absolute atomic E-state index is 5.82. The van der Waals surface area contributed by atoms with Crippen molar-refractivity contribution in [2.75, 3.05) is 20.3 Å².